The fourth-order valence-electron chi connectivity index (χ4n) is 1.90. The molecule has 0 fully saturated rings. The van der Waals surface area contributed by atoms with Crippen LogP contribution in [0.25, 0.3) is 10.6 Å². The quantitative estimate of drug-likeness (QED) is 0.814. The first-order valence-electron chi connectivity index (χ1n) is 6.87. The molecule has 1 aromatic carbocycles. The van der Waals surface area contributed by atoms with E-state index in [1.54, 1.807) is 7.11 Å². The molecule has 0 atom stereocenters. The number of methoxy groups -OCH3 is 1. The lowest BCUT2D eigenvalue weighted by molar-refractivity contribution is -0.137. The van der Waals surface area contributed by atoms with E-state index in [0.29, 0.717) is 11.6 Å². The molecule has 0 aliphatic carbocycles. The molecule has 0 amide bonds. The third kappa shape index (κ3) is 4.42. The Morgan fingerprint density at radius 3 is 2.59 bits per heavy atom. The van der Waals surface area contributed by atoms with Gasteiger partial charge in [-0.05, 0) is 44.5 Å². The van der Waals surface area contributed by atoms with Crippen molar-refractivity contribution in [2.24, 2.45) is 0 Å². The van der Waals surface area contributed by atoms with Gasteiger partial charge in [-0.3, -0.25) is 4.79 Å². The van der Waals surface area contributed by atoms with E-state index in [9.17, 15) is 4.79 Å². The maximum atomic E-state index is 10.7. The highest BCUT2D eigenvalue weighted by Gasteiger charge is 2.21. The lowest BCUT2D eigenvalue weighted by atomic mass is 9.99. The van der Waals surface area contributed by atoms with Crippen LogP contribution in [0.3, 0.4) is 0 Å². The van der Waals surface area contributed by atoms with Crippen molar-refractivity contribution in [1.29, 1.82) is 0 Å². The Morgan fingerprint density at radius 2 is 2.00 bits per heavy atom. The molecule has 6 nitrogen and oxygen atoms in total. The maximum absolute atomic E-state index is 10.7. The average Bonchev–Trinajstić information content (AvgIpc) is 2.93. The molecule has 0 radical (unpaired) electrons. The molecule has 0 saturated carbocycles. The van der Waals surface area contributed by atoms with Crippen LogP contribution in [0.1, 0.15) is 26.7 Å². The zero-order valence-electron chi connectivity index (χ0n) is 12.8. The Kier molecular flexibility index (Phi) is 4.97. The van der Waals surface area contributed by atoms with Crippen LogP contribution in [-0.2, 0) is 4.79 Å². The number of aromatic nitrogens is 2. The van der Waals surface area contributed by atoms with Gasteiger partial charge in [-0.25, -0.2) is 0 Å². The highest BCUT2D eigenvalue weighted by atomic mass is 32.1. The van der Waals surface area contributed by atoms with Gasteiger partial charge in [-0.1, -0.05) is 11.3 Å². The number of rotatable bonds is 7. The predicted octanol–water partition coefficient (Wildman–Crippen LogP) is 3.27. The van der Waals surface area contributed by atoms with Gasteiger partial charge in [0.1, 0.15) is 10.8 Å². The third-order valence-corrected chi connectivity index (χ3v) is 4.06. The molecule has 118 valence electrons. The minimum absolute atomic E-state index is 0.115. The summed E-state index contributed by atoms with van der Waals surface area (Å²) in [7, 11) is 1.63. The van der Waals surface area contributed by atoms with Crippen molar-refractivity contribution in [2.45, 2.75) is 32.2 Å². The Balaban J connectivity index is 2.05. The van der Waals surface area contributed by atoms with Gasteiger partial charge in [-0.15, -0.1) is 10.2 Å². The second-order valence-corrected chi connectivity index (χ2v) is 6.52. The van der Waals surface area contributed by atoms with Crippen LogP contribution in [-0.4, -0.2) is 33.9 Å². The second kappa shape index (κ2) is 6.74. The first-order chi connectivity index (χ1) is 10.4. The van der Waals surface area contributed by atoms with E-state index in [1.165, 1.54) is 11.3 Å². The highest BCUT2D eigenvalue weighted by molar-refractivity contribution is 7.18. The van der Waals surface area contributed by atoms with Crippen LogP contribution in [0, 0.1) is 0 Å². The smallest absolute Gasteiger partial charge is 0.303 e. The summed E-state index contributed by atoms with van der Waals surface area (Å²) in [4.78, 5) is 10.7. The molecule has 0 unspecified atom stereocenters. The molecule has 1 aromatic heterocycles. The number of nitrogens with zero attached hydrogens (tertiary/aromatic N) is 2. The van der Waals surface area contributed by atoms with Gasteiger partial charge in [-0.2, -0.15) is 0 Å². The van der Waals surface area contributed by atoms with Gasteiger partial charge >= 0.3 is 5.97 Å². The Bertz CT molecular complexity index is 638. The number of benzene rings is 1. The topological polar surface area (TPSA) is 84.3 Å². The summed E-state index contributed by atoms with van der Waals surface area (Å²) in [5.74, 6) is -0.00696. The highest BCUT2D eigenvalue weighted by Crippen LogP contribution is 2.29. The summed E-state index contributed by atoms with van der Waals surface area (Å²) in [6, 6.07) is 7.61. The summed E-state index contributed by atoms with van der Waals surface area (Å²) in [5, 5.41) is 21.8. The Labute approximate surface area is 133 Å². The van der Waals surface area contributed by atoms with Gasteiger partial charge in [0.15, 0.2) is 0 Å². The van der Waals surface area contributed by atoms with Crippen molar-refractivity contribution in [3.05, 3.63) is 24.3 Å². The molecule has 2 aromatic rings. The molecular weight excluding hydrogens is 302 g/mol. The van der Waals surface area contributed by atoms with Crippen LogP contribution in [0.15, 0.2) is 24.3 Å². The van der Waals surface area contributed by atoms with Gasteiger partial charge in [0, 0.05) is 17.5 Å². The van der Waals surface area contributed by atoms with Crippen LogP contribution < -0.4 is 10.1 Å². The van der Waals surface area contributed by atoms with Gasteiger partial charge in [0.2, 0.25) is 5.13 Å². The Hall–Kier alpha value is -2.15. The third-order valence-electron chi connectivity index (χ3n) is 3.17. The number of ether oxygens (including phenoxy) is 1. The summed E-state index contributed by atoms with van der Waals surface area (Å²) in [5.41, 5.74) is 0.615. The van der Waals surface area contributed by atoms with E-state index in [2.05, 4.69) is 15.5 Å². The summed E-state index contributed by atoms with van der Waals surface area (Å²) in [6.07, 6.45) is 0.629. The number of hydrogen-bond acceptors (Lipinski definition) is 6. The lowest BCUT2D eigenvalue weighted by Crippen LogP contribution is -2.31. The SMILES string of the molecule is COc1ccc(-c2nnc(NC(C)(C)CCC(=O)O)s2)cc1. The minimum Gasteiger partial charge on any atom is -0.497 e. The lowest BCUT2D eigenvalue weighted by Gasteiger charge is -2.24. The monoisotopic (exact) mass is 321 g/mol. The number of carboxylic acid groups (broad SMARTS) is 1. The number of nitrogens with one attached hydrogen (secondary N) is 1. The van der Waals surface area contributed by atoms with Crippen molar-refractivity contribution in [1.82, 2.24) is 10.2 Å². The standard InChI is InChI=1S/C15H19N3O3S/c1-15(2,9-8-12(19)20)16-14-18-17-13(22-14)10-4-6-11(21-3)7-5-10/h4-7H,8-9H2,1-3H3,(H,16,18)(H,19,20). The summed E-state index contributed by atoms with van der Waals surface area (Å²) >= 11 is 1.44. The van der Waals surface area contributed by atoms with Gasteiger partial charge in [0.25, 0.3) is 0 Å². The van der Waals surface area contributed by atoms with Crippen LogP contribution in [0.5, 0.6) is 5.75 Å². The zero-order valence-corrected chi connectivity index (χ0v) is 13.6. The van der Waals surface area contributed by atoms with Crippen molar-refractivity contribution in [3.63, 3.8) is 0 Å². The van der Waals surface area contributed by atoms with Crippen molar-refractivity contribution in [2.75, 3.05) is 12.4 Å². The number of anilines is 1. The number of carboxylic acids is 1. The largest absolute Gasteiger partial charge is 0.497 e. The fraction of sp³-hybridized carbons (Fsp3) is 0.400. The number of carbonyl (C=O) groups is 1. The van der Waals surface area contributed by atoms with Crippen molar-refractivity contribution < 1.29 is 14.6 Å². The molecule has 0 aliphatic heterocycles. The van der Waals surface area contributed by atoms with Crippen LogP contribution in [0.4, 0.5) is 5.13 Å². The molecule has 1 heterocycles. The fourth-order valence-corrected chi connectivity index (χ4v) is 2.82. The summed E-state index contributed by atoms with van der Waals surface area (Å²) < 4.78 is 5.13. The van der Waals surface area contributed by atoms with E-state index < -0.39 is 5.97 Å². The normalized spacial score (nSPS) is 11.2. The minimum atomic E-state index is -0.800. The van der Waals surface area contributed by atoms with Crippen molar-refractivity contribution in [3.8, 4) is 16.3 Å². The molecule has 22 heavy (non-hydrogen) atoms. The molecule has 0 aliphatic rings. The van der Waals surface area contributed by atoms with Gasteiger partial charge < -0.3 is 15.2 Å². The molecular formula is C15H19N3O3S. The molecule has 0 saturated heterocycles. The molecule has 2 rings (SSSR count). The maximum Gasteiger partial charge on any atom is 0.303 e. The second-order valence-electron chi connectivity index (χ2n) is 5.54. The van der Waals surface area contributed by atoms with Crippen LogP contribution >= 0.6 is 11.3 Å². The molecule has 7 heteroatoms. The first kappa shape index (κ1) is 16.2. The number of hydrogen-bond donors (Lipinski definition) is 2. The predicted molar refractivity (Wildman–Crippen MR) is 86.5 cm³/mol. The van der Waals surface area contributed by atoms with E-state index in [1.807, 2.05) is 38.1 Å². The van der Waals surface area contributed by atoms with Crippen LogP contribution in [0.2, 0.25) is 0 Å². The van der Waals surface area contributed by atoms with E-state index >= 15 is 0 Å². The Morgan fingerprint density at radius 1 is 1.32 bits per heavy atom. The molecule has 0 spiro atoms. The van der Waals surface area contributed by atoms with Gasteiger partial charge in [0.05, 0.1) is 7.11 Å². The molecule has 0 bridgehead atoms. The van der Waals surface area contributed by atoms with Crippen molar-refractivity contribution >= 4 is 22.4 Å². The summed E-state index contributed by atoms with van der Waals surface area (Å²) in [6.45, 7) is 3.90. The molecule has 2 N–H and O–H groups in total. The van der Waals surface area contributed by atoms with E-state index in [0.717, 1.165) is 16.3 Å². The van der Waals surface area contributed by atoms with E-state index in [-0.39, 0.29) is 12.0 Å². The van der Waals surface area contributed by atoms with E-state index in [4.69, 9.17) is 9.84 Å². The first-order valence-corrected chi connectivity index (χ1v) is 7.69. The average molecular weight is 321 g/mol. The zero-order chi connectivity index (χ0) is 16.2. The number of aliphatic carboxylic acids is 1.